The molecule has 3 aromatic rings. The lowest BCUT2D eigenvalue weighted by molar-refractivity contribution is 0.435. The second-order valence-corrected chi connectivity index (χ2v) is 9.92. The first-order valence-electron chi connectivity index (χ1n) is 12.7. The first kappa shape index (κ1) is 23.5. The van der Waals surface area contributed by atoms with Crippen molar-refractivity contribution < 1.29 is 4.74 Å². The van der Waals surface area contributed by atoms with E-state index in [0.717, 1.165) is 31.2 Å². The highest BCUT2D eigenvalue weighted by Crippen LogP contribution is 2.40. The molecule has 2 aliphatic rings. The molecule has 7 heteroatoms. The molecule has 6 nitrogen and oxygen atoms in total. The van der Waals surface area contributed by atoms with Gasteiger partial charge in [-0.2, -0.15) is 9.97 Å². The Morgan fingerprint density at radius 2 is 1.57 bits per heavy atom. The Morgan fingerprint density at radius 1 is 0.886 bits per heavy atom. The second-order valence-electron chi connectivity index (χ2n) is 9.51. The molecule has 2 fully saturated rings. The SMILES string of the molecule is S=C(NCC1(c2ccccc2)CCCC1)Nc1nc(Oc2ccccc2)cc(N2CCCCC2)n1. The summed E-state index contributed by atoms with van der Waals surface area (Å²) in [6.45, 7) is 2.77. The molecule has 1 saturated heterocycles. The number of nitrogens with one attached hydrogen (secondary N) is 2. The van der Waals surface area contributed by atoms with E-state index in [0.29, 0.717) is 16.9 Å². The van der Waals surface area contributed by atoms with Crippen LogP contribution in [0.5, 0.6) is 11.6 Å². The summed E-state index contributed by atoms with van der Waals surface area (Å²) in [6.07, 6.45) is 8.44. The first-order chi connectivity index (χ1) is 17.2. The van der Waals surface area contributed by atoms with E-state index in [1.807, 2.05) is 36.4 Å². The maximum Gasteiger partial charge on any atom is 0.234 e. The molecule has 2 heterocycles. The third-order valence-electron chi connectivity index (χ3n) is 7.09. The minimum Gasteiger partial charge on any atom is -0.439 e. The summed E-state index contributed by atoms with van der Waals surface area (Å²) in [5, 5.41) is 7.23. The minimum absolute atomic E-state index is 0.116. The Bertz CT molecular complexity index is 1110. The van der Waals surface area contributed by atoms with E-state index in [1.54, 1.807) is 0 Å². The summed E-state index contributed by atoms with van der Waals surface area (Å²) in [7, 11) is 0. The van der Waals surface area contributed by atoms with Crippen LogP contribution in [0.3, 0.4) is 0 Å². The van der Waals surface area contributed by atoms with Gasteiger partial charge in [-0.25, -0.2) is 0 Å². The van der Waals surface area contributed by atoms with E-state index in [-0.39, 0.29) is 5.41 Å². The van der Waals surface area contributed by atoms with Crippen molar-refractivity contribution in [2.75, 3.05) is 29.9 Å². The van der Waals surface area contributed by atoms with Crippen LogP contribution in [0.2, 0.25) is 0 Å². The standard InChI is InChI=1S/C28H33N5OS/c35-27(29-21-28(16-8-9-17-28)22-12-4-1-5-13-22)32-26-30-24(33-18-10-3-11-19-33)20-25(31-26)34-23-14-6-2-7-15-23/h1-2,4-7,12-15,20H,3,8-11,16-19,21H2,(H2,29,30,31,32,35). The summed E-state index contributed by atoms with van der Waals surface area (Å²) in [4.78, 5) is 11.7. The molecular formula is C28H33N5OS. The van der Waals surface area contributed by atoms with Gasteiger partial charge in [0.25, 0.3) is 0 Å². The van der Waals surface area contributed by atoms with Crippen LogP contribution in [0.4, 0.5) is 11.8 Å². The lowest BCUT2D eigenvalue weighted by Gasteiger charge is -2.30. The molecule has 0 unspecified atom stereocenters. The van der Waals surface area contributed by atoms with Gasteiger partial charge in [-0.05, 0) is 62.0 Å². The monoisotopic (exact) mass is 487 g/mol. The number of aromatic nitrogens is 2. The number of nitrogens with zero attached hydrogens (tertiary/aromatic N) is 3. The molecule has 0 bridgehead atoms. The number of para-hydroxylation sites is 1. The summed E-state index contributed by atoms with van der Waals surface area (Å²) in [5.41, 5.74) is 1.50. The molecule has 2 N–H and O–H groups in total. The van der Waals surface area contributed by atoms with E-state index in [2.05, 4.69) is 50.8 Å². The lowest BCUT2D eigenvalue weighted by atomic mass is 9.79. The van der Waals surface area contributed by atoms with E-state index < -0.39 is 0 Å². The fraction of sp³-hybridized carbons (Fsp3) is 0.393. The van der Waals surface area contributed by atoms with Gasteiger partial charge in [-0.1, -0.05) is 61.4 Å². The zero-order valence-electron chi connectivity index (χ0n) is 20.1. The number of anilines is 2. The van der Waals surface area contributed by atoms with Crippen molar-refractivity contribution in [1.29, 1.82) is 0 Å². The molecule has 0 spiro atoms. The molecule has 2 aromatic carbocycles. The predicted molar refractivity (Wildman–Crippen MR) is 145 cm³/mol. The molecule has 0 radical (unpaired) electrons. The average Bonchev–Trinajstić information content (AvgIpc) is 3.39. The normalized spacial score (nSPS) is 17.1. The van der Waals surface area contributed by atoms with Crippen LogP contribution in [0.25, 0.3) is 0 Å². The van der Waals surface area contributed by atoms with Gasteiger partial charge >= 0.3 is 0 Å². The molecule has 0 atom stereocenters. The molecule has 1 aliphatic heterocycles. The highest BCUT2D eigenvalue weighted by atomic mass is 32.1. The van der Waals surface area contributed by atoms with Crippen molar-refractivity contribution in [1.82, 2.24) is 15.3 Å². The quantitative estimate of drug-likeness (QED) is 0.393. The second kappa shape index (κ2) is 11.0. The first-order valence-corrected chi connectivity index (χ1v) is 13.1. The van der Waals surface area contributed by atoms with Crippen molar-refractivity contribution in [3.05, 3.63) is 72.3 Å². The molecular weight excluding hydrogens is 454 g/mol. The van der Waals surface area contributed by atoms with Gasteiger partial charge < -0.3 is 20.3 Å². The van der Waals surface area contributed by atoms with E-state index >= 15 is 0 Å². The van der Waals surface area contributed by atoms with Gasteiger partial charge in [0.2, 0.25) is 11.8 Å². The van der Waals surface area contributed by atoms with Crippen LogP contribution in [0.1, 0.15) is 50.5 Å². The van der Waals surface area contributed by atoms with Gasteiger partial charge in [0.1, 0.15) is 11.6 Å². The van der Waals surface area contributed by atoms with Crippen molar-refractivity contribution in [3.63, 3.8) is 0 Å². The van der Waals surface area contributed by atoms with Gasteiger partial charge in [-0.3, -0.25) is 0 Å². The largest absolute Gasteiger partial charge is 0.439 e. The van der Waals surface area contributed by atoms with Gasteiger partial charge in [0.15, 0.2) is 5.11 Å². The Morgan fingerprint density at radius 3 is 2.29 bits per heavy atom. The van der Waals surface area contributed by atoms with Crippen molar-refractivity contribution in [3.8, 4) is 11.6 Å². The smallest absolute Gasteiger partial charge is 0.234 e. The van der Waals surface area contributed by atoms with Gasteiger partial charge in [0.05, 0.1) is 0 Å². The van der Waals surface area contributed by atoms with Crippen LogP contribution in [-0.2, 0) is 5.41 Å². The summed E-state index contributed by atoms with van der Waals surface area (Å²) < 4.78 is 6.07. The summed E-state index contributed by atoms with van der Waals surface area (Å²) >= 11 is 5.69. The fourth-order valence-corrected chi connectivity index (χ4v) is 5.39. The highest BCUT2D eigenvalue weighted by molar-refractivity contribution is 7.80. The third-order valence-corrected chi connectivity index (χ3v) is 7.34. The number of hydrogen-bond donors (Lipinski definition) is 2. The number of piperidine rings is 1. The zero-order chi connectivity index (χ0) is 23.9. The van der Waals surface area contributed by atoms with E-state index in [9.17, 15) is 0 Å². The minimum atomic E-state index is 0.116. The maximum absolute atomic E-state index is 6.07. The summed E-state index contributed by atoms with van der Waals surface area (Å²) in [6, 6.07) is 22.4. The summed E-state index contributed by atoms with van der Waals surface area (Å²) in [5.74, 6) is 2.58. The number of benzene rings is 2. The van der Waals surface area contributed by atoms with Crippen LogP contribution < -0.4 is 20.3 Å². The van der Waals surface area contributed by atoms with Crippen molar-refractivity contribution in [2.45, 2.75) is 50.4 Å². The third kappa shape index (κ3) is 5.90. The van der Waals surface area contributed by atoms with Crippen LogP contribution in [0, 0.1) is 0 Å². The zero-order valence-corrected chi connectivity index (χ0v) is 20.9. The Labute approximate surface area is 213 Å². The van der Waals surface area contributed by atoms with Gasteiger partial charge in [-0.15, -0.1) is 0 Å². The van der Waals surface area contributed by atoms with Crippen molar-refractivity contribution >= 4 is 29.1 Å². The van der Waals surface area contributed by atoms with E-state index in [4.69, 9.17) is 21.9 Å². The Kier molecular flexibility index (Phi) is 7.42. The Balaban J connectivity index is 1.31. The van der Waals surface area contributed by atoms with Crippen LogP contribution in [0.15, 0.2) is 66.7 Å². The van der Waals surface area contributed by atoms with Crippen LogP contribution in [-0.4, -0.2) is 34.7 Å². The van der Waals surface area contributed by atoms with Gasteiger partial charge in [0, 0.05) is 31.1 Å². The topological polar surface area (TPSA) is 62.3 Å². The molecule has 0 amide bonds. The molecule has 5 rings (SSSR count). The number of ether oxygens (including phenoxy) is 1. The highest BCUT2D eigenvalue weighted by Gasteiger charge is 2.35. The van der Waals surface area contributed by atoms with Crippen molar-refractivity contribution in [2.24, 2.45) is 0 Å². The molecule has 1 aliphatic carbocycles. The number of rotatable bonds is 7. The van der Waals surface area contributed by atoms with E-state index in [1.165, 1.54) is 50.5 Å². The molecule has 1 saturated carbocycles. The van der Waals surface area contributed by atoms with Crippen LogP contribution >= 0.6 is 12.2 Å². The fourth-order valence-electron chi connectivity index (χ4n) is 5.22. The molecule has 35 heavy (non-hydrogen) atoms. The Hall–Kier alpha value is -3.19. The number of thiocarbonyl (C=S) groups is 1. The number of hydrogen-bond acceptors (Lipinski definition) is 5. The lowest BCUT2D eigenvalue weighted by Crippen LogP contribution is -2.41. The maximum atomic E-state index is 6.07. The average molecular weight is 488 g/mol. The predicted octanol–water partition coefficient (Wildman–Crippen LogP) is 6.06. The molecule has 182 valence electrons. The molecule has 1 aromatic heterocycles.